The van der Waals surface area contributed by atoms with E-state index in [1.807, 2.05) is 96.6 Å². The lowest BCUT2D eigenvalue weighted by Gasteiger charge is -2.19. The molecule has 9 rings (SSSR count). The van der Waals surface area contributed by atoms with Crippen molar-refractivity contribution in [3.63, 3.8) is 0 Å². The van der Waals surface area contributed by atoms with Gasteiger partial charge in [0.15, 0.2) is 24.8 Å². The van der Waals surface area contributed by atoms with E-state index < -0.39 is 5.97 Å². The molecular formula is C49H41N7O3. The highest BCUT2D eigenvalue weighted by Gasteiger charge is 2.26. The number of carboxylic acid groups (broad SMARTS) is 1. The molecule has 0 saturated heterocycles. The van der Waals surface area contributed by atoms with E-state index in [0.29, 0.717) is 25.2 Å². The standard InChI is InChI=1S/C49H41N7O3/c1-54-25-19-33(20-26-54)47-39-13-11-37(50-39)46(32-7-9-36(10-8-32)59-31-5-4-6-45(57)58)38-12-14-40(51-38)48(34-21-27-55(2)28-22-34)42-16-18-44(53-42)49(43-17-15-41(47)52-43)35-23-29-56(3)30-24-35/h7-30H,4-6,31H2,1-3H3. The van der Waals surface area contributed by atoms with Crippen LogP contribution >= 0.6 is 0 Å². The van der Waals surface area contributed by atoms with Gasteiger partial charge in [0.2, 0.25) is 0 Å². The number of aromatic nitrogens is 3. The van der Waals surface area contributed by atoms with E-state index in [2.05, 4.69) is 85.0 Å². The van der Waals surface area contributed by atoms with Crippen LogP contribution in [0.3, 0.4) is 0 Å². The van der Waals surface area contributed by atoms with E-state index in [4.69, 9.17) is 24.7 Å². The van der Waals surface area contributed by atoms with Gasteiger partial charge in [-0.05, 0) is 113 Å². The third-order valence-electron chi connectivity index (χ3n) is 10.6. The number of allylic oxidation sites excluding steroid dienone is 11. The Hall–Kier alpha value is -7.46. The van der Waals surface area contributed by atoms with Crippen LogP contribution in [0.2, 0.25) is 0 Å². The van der Waals surface area contributed by atoms with Crippen LogP contribution in [-0.2, 0) is 18.9 Å². The first-order valence-corrected chi connectivity index (χ1v) is 19.6. The molecule has 59 heavy (non-hydrogen) atoms. The number of benzene rings is 1. The van der Waals surface area contributed by atoms with Crippen molar-refractivity contribution in [3.05, 3.63) is 203 Å². The average molecular weight is 776 g/mol. The van der Waals surface area contributed by atoms with Gasteiger partial charge in [0.25, 0.3) is 0 Å². The molecule has 0 radical (unpaired) electrons. The van der Waals surface area contributed by atoms with E-state index in [9.17, 15) is 9.90 Å². The van der Waals surface area contributed by atoms with Crippen molar-refractivity contribution in [2.24, 2.45) is 29.1 Å². The molecule has 0 N–H and O–H groups in total. The quantitative estimate of drug-likeness (QED) is 0.157. The van der Waals surface area contributed by atoms with E-state index in [1.165, 1.54) is 0 Å². The van der Waals surface area contributed by atoms with Gasteiger partial charge in [0.1, 0.15) is 19.8 Å². The smallest absolute Gasteiger partial charge is 0.169 e. The predicted molar refractivity (Wildman–Crippen MR) is 228 cm³/mol. The number of hydrogen-bond donors (Lipinski definition) is 0. The van der Waals surface area contributed by atoms with E-state index in [1.54, 1.807) is 0 Å². The number of rotatable bonds is 9. The third kappa shape index (κ3) is 7.68. The summed E-state index contributed by atoms with van der Waals surface area (Å²) < 4.78 is 10.0. The lowest BCUT2D eigenvalue weighted by molar-refractivity contribution is -0.671. The van der Waals surface area contributed by atoms with E-state index >= 15 is 0 Å². The van der Waals surface area contributed by atoms with Crippen LogP contribution in [0, 0.1) is 0 Å². The molecule has 0 atom stereocenters. The molecule has 10 nitrogen and oxygen atoms in total. The number of aliphatic imine (C=N–C) groups is 3. The summed E-state index contributed by atoms with van der Waals surface area (Å²) in [6, 6.07) is 20.5. The molecule has 0 fully saturated rings. The second-order valence-electron chi connectivity index (χ2n) is 14.8. The second-order valence-corrected chi connectivity index (χ2v) is 14.8. The maximum atomic E-state index is 10.8. The Bertz CT molecular complexity index is 2740. The van der Waals surface area contributed by atoms with Gasteiger partial charge in [0.05, 0.1) is 40.8 Å². The maximum Gasteiger partial charge on any atom is 0.169 e. The maximum absolute atomic E-state index is 10.8. The number of carbonyl (C=O) groups is 1. The number of ether oxygens (including phenoxy) is 1. The molecule has 0 saturated carbocycles. The van der Waals surface area contributed by atoms with Gasteiger partial charge in [-0.2, -0.15) is 0 Å². The molecule has 1 aromatic carbocycles. The monoisotopic (exact) mass is 775 g/mol. The number of pyridine rings is 2. The Labute approximate surface area is 343 Å². The van der Waals surface area contributed by atoms with Gasteiger partial charge >= 0.3 is 0 Å². The summed E-state index contributed by atoms with van der Waals surface area (Å²) in [5.74, 6) is -0.350. The van der Waals surface area contributed by atoms with Crippen molar-refractivity contribution in [1.29, 1.82) is 0 Å². The fourth-order valence-electron chi connectivity index (χ4n) is 7.55. The largest absolute Gasteiger partial charge is 0.657 e. The van der Waals surface area contributed by atoms with Crippen LogP contribution in [-0.4, -0.2) is 41.7 Å². The van der Waals surface area contributed by atoms with Crippen molar-refractivity contribution < 1.29 is 23.8 Å². The zero-order valence-electron chi connectivity index (χ0n) is 33.0. The molecule has 8 heterocycles. The lowest BCUT2D eigenvalue weighted by atomic mass is 9.97. The zero-order chi connectivity index (χ0) is 40.5. The van der Waals surface area contributed by atoms with E-state index in [0.717, 1.165) is 90.2 Å². The highest BCUT2D eigenvalue weighted by atomic mass is 16.5. The first kappa shape index (κ1) is 37.1. The number of aryl methyl sites for hydroxylation is 2. The SMILES string of the molecule is CN1C=CC(=C2C3=NC(=C(c4ccc(OCCCCC(=O)[O-])cc4)C4=NC(=C(c5cc[n+](C)cc5)c5ccc([n-]5)C(c5cc[n+](C)cc5)=C5C=CC2=N5)C=C4)C=C3)C=C1. The Kier molecular flexibility index (Phi) is 9.96. The Balaban J connectivity index is 1.25. The Morgan fingerprint density at radius 3 is 1.59 bits per heavy atom. The minimum absolute atomic E-state index is 0.0201. The molecule has 8 bridgehead atoms. The van der Waals surface area contributed by atoms with Crippen LogP contribution in [0.25, 0.3) is 16.7 Å². The topological polar surface area (TPSA) is 112 Å². The molecule has 10 heteroatoms. The fourth-order valence-corrected chi connectivity index (χ4v) is 7.55. The molecule has 0 aliphatic carbocycles. The number of unbranched alkanes of at least 4 members (excludes halogenated alkanes) is 1. The van der Waals surface area contributed by atoms with Crippen molar-refractivity contribution in [3.8, 4) is 5.75 Å². The molecule has 5 aliphatic heterocycles. The number of fused-ring (bicyclic) bond motifs is 5. The summed E-state index contributed by atoms with van der Waals surface area (Å²) in [4.78, 5) is 34.3. The highest BCUT2D eigenvalue weighted by molar-refractivity contribution is 6.36. The number of aliphatic carboxylic acids is 1. The number of hydrogen-bond acceptors (Lipinski definition) is 7. The second kappa shape index (κ2) is 15.8. The molecule has 290 valence electrons. The molecule has 0 unspecified atom stereocenters. The van der Waals surface area contributed by atoms with Crippen molar-refractivity contribution in [2.45, 2.75) is 19.3 Å². The summed E-state index contributed by atoms with van der Waals surface area (Å²) in [5, 5.41) is 10.8. The van der Waals surface area contributed by atoms with Gasteiger partial charge in [-0.1, -0.05) is 24.3 Å². The summed E-state index contributed by atoms with van der Waals surface area (Å²) in [5.41, 5.74) is 13.9. The van der Waals surface area contributed by atoms with Crippen molar-refractivity contribution in [1.82, 2.24) is 9.88 Å². The normalized spacial score (nSPS) is 16.8. The Morgan fingerprint density at radius 1 is 0.610 bits per heavy atom. The summed E-state index contributed by atoms with van der Waals surface area (Å²) >= 11 is 0. The van der Waals surface area contributed by atoms with Crippen molar-refractivity contribution in [2.75, 3.05) is 13.7 Å². The van der Waals surface area contributed by atoms with Crippen LogP contribution in [0.15, 0.2) is 190 Å². The summed E-state index contributed by atoms with van der Waals surface area (Å²) in [7, 11) is 6.02. The number of carbonyl (C=O) groups excluding carboxylic acids is 1. The van der Waals surface area contributed by atoms with Gasteiger partial charge in [-0.25, -0.2) is 24.1 Å². The molecule has 5 aliphatic rings. The van der Waals surface area contributed by atoms with E-state index in [-0.39, 0.29) is 6.42 Å². The molecule has 0 amide bonds. The molecule has 0 spiro atoms. The summed E-state index contributed by atoms with van der Waals surface area (Å²) in [6.07, 6.45) is 29.9. The fraction of sp³-hybridized carbons (Fsp3) is 0.143. The van der Waals surface area contributed by atoms with Gasteiger partial charge in [0, 0.05) is 60.8 Å². The van der Waals surface area contributed by atoms with Crippen LogP contribution in [0.5, 0.6) is 5.75 Å². The van der Waals surface area contributed by atoms with Gasteiger partial charge in [-0.3, -0.25) is 0 Å². The van der Waals surface area contributed by atoms with Crippen LogP contribution in [0.4, 0.5) is 0 Å². The number of carboxylic acids is 1. The minimum Gasteiger partial charge on any atom is -0.657 e. The summed E-state index contributed by atoms with van der Waals surface area (Å²) in [6.45, 7) is 0.412. The third-order valence-corrected chi connectivity index (χ3v) is 10.6. The van der Waals surface area contributed by atoms with Crippen LogP contribution in [0.1, 0.15) is 47.3 Å². The lowest BCUT2D eigenvalue weighted by Crippen LogP contribution is -2.26. The van der Waals surface area contributed by atoms with Gasteiger partial charge < -0.3 is 24.5 Å². The van der Waals surface area contributed by atoms with Gasteiger partial charge in [-0.15, -0.1) is 11.4 Å². The predicted octanol–water partition coefficient (Wildman–Crippen LogP) is 5.84. The first-order chi connectivity index (χ1) is 28.8. The van der Waals surface area contributed by atoms with Crippen molar-refractivity contribution >= 4 is 39.8 Å². The molecular weight excluding hydrogens is 735 g/mol. The average Bonchev–Trinajstić information content (AvgIpc) is 4.08. The molecule has 3 aromatic heterocycles. The van der Waals surface area contributed by atoms with Crippen LogP contribution < -0.4 is 24.0 Å². The molecule has 4 aromatic rings. The highest BCUT2D eigenvalue weighted by Crippen LogP contribution is 2.38. The Morgan fingerprint density at radius 2 is 1.08 bits per heavy atom. The minimum atomic E-state index is -1.05. The number of nitrogens with zero attached hydrogens (tertiary/aromatic N) is 7. The zero-order valence-corrected chi connectivity index (χ0v) is 33.0. The first-order valence-electron chi connectivity index (χ1n) is 19.6.